The van der Waals surface area contributed by atoms with E-state index in [4.69, 9.17) is 23.4 Å². The van der Waals surface area contributed by atoms with E-state index in [1.807, 2.05) is 13.0 Å². The highest BCUT2D eigenvalue weighted by molar-refractivity contribution is 7.89. The normalized spacial score (nSPS) is 12.8. The van der Waals surface area contributed by atoms with Gasteiger partial charge >= 0.3 is 0 Å². The minimum Gasteiger partial charge on any atom is -0.337 e. The van der Waals surface area contributed by atoms with Crippen LogP contribution < -0.4 is 4.84 Å². The summed E-state index contributed by atoms with van der Waals surface area (Å²) in [6.45, 7) is 2.03. The maximum atomic E-state index is 14.4. The highest BCUT2D eigenvalue weighted by Crippen LogP contribution is 2.36. The summed E-state index contributed by atoms with van der Waals surface area (Å²) in [7, 11) is -0.804. The number of hydrogen-bond acceptors (Lipinski definition) is 4. The molecule has 1 aromatic carbocycles. The Kier molecular flexibility index (Phi) is 6.84. The summed E-state index contributed by atoms with van der Waals surface area (Å²) in [6.07, 6.45) is 1.36. The topological polar surface area (TPSA) is 67.2 Å². The molecule has 0 saturated carbocycles. The van der Waals surface area contributed by atoms with E-state index in [1.54, 1.807) is 28.8 Å². The Bertz CT molecular complexity index is 1220. The molecule has 0 spiro atoms. The third-order valence-corrected chi connectivity index (χ3v) is 6.83. The van der Waals surface area contributed by atoms with Crippen LogP contribution in [0.1, 0.15) is 5.69 Å². The van der Waals surface area contributed by atoms with Crippen LogP contribution in [-0.2, 0) is 16.6 Å². The average Bonchev–Trinajstić information content (AvgIpc) is 2.97. The van der Waals surface area contributed by atoms with Gasteiger partial charge in [-0.1, -0.05) is 17.7 Å². The first-order chi connectivity index (χ1) is 14.2. The van der Waals surface area contributed by atoms with Crippen LogP contribution in [0.5, 0.6) is 0 Å². The van der Waals surface area contributed by atoms with Crippen molar-refractivity contribution < 1.29 is 12.8 Å². The zero-order valence-corrected chi connectivity index (χ0v) is 19.0. The molecule has 3 aromatic rings. The highest BCUT2D eigenvalue weighted by Gasteiger charge is 2.22. The van der Waals surface area contributed by atoms with E-state index in [-0.39, 0.29) is 23.9 Å². The summed E-state index contributed by atoms with van der Waals surface area (Å²) in [6, 6.07) is 10.1. The second-order valence-electron chi connectivity index (χ2n) is 6.85. The Morgan fingerprint density at radius 2 is 2.03 bits per heavy atom. The molecule has 2 aromatic heterocycles. The van der Waals surface area contributed by atoms with Gasteiger partial charge in [-0.2, -0.15) is 0 Å². The van der Waals surface area contributed by atoms with Gasteiger partial charge in [0.15, 0.2) is 5.03 Å². The maximum absolute atomic E-state index is 14.4. The predicted octanol–water partition coefficient (Wildman–Crippen LogP) is 4.51. The quantitative estimate of drug-likeness (QED) is 0.515. The maximum Gasteiger partial charge on any atom is 0.260 e. The third kappa shape index (κ3) is 4.38. The molecule has 0 amide bonds. The Hall–Kier alpha value is -1.97. The number of rotatable bonds is 7. The van der Waals surface area contributed by atoms with Gasteiger partial charge < -0.3 is 4.57 Å². The van der Waals surface area contributed by atoms with E-state index in [0.717, 1.165) is 20.9 Å². The fourth-order valence-corrected chi connectivity index (χ4v) is 4.32. The van der Waals surface area contributed by atoms with Crippen molar-refractivity contribution in [3.63, 3.8) is 0 Å². The molecule has 1 N–H and O–H groups in total. The summed E-state index contributed by atoms with van der Waals surface area (Å²) in [5.41, 5.74) is 2.67. The molecule has 0 atom stereocenters. The predicted molar refractivity (Wildman–Crippen MR) is 119 cm³/mol. The van der Waals surface area contributed by atoms with Crippen molar-refractivity contribution in [1.82, 2.24) is 18.7 Å². The largest absolute Gasteiger partial charge is 0.337 e. The lowest BCUT2D eigenvalue weighted by Gasteiger charge is -2.12. The van der Waals surface area contributed by atoms with Crippen LogP contribution in [0.4, 0.5) is 4.39 Å². The molecular weight excluding hydrogens is 450 g/mol. The van der Waals surface area contributed by atoms with Crippen LogP contribution in [-0.4, -0.2) is 42.9 Å². The summed E-state index contributed by atoms with van der Waals surface area (Å²) in [5.74, 6) is -0.360. The summed E-state index contributed by atoms with van der Waals surface area (Å²) >= 11 is 11.6. The van der Waals surface area contributed by atoms with Gasteiger partial charge in [0.05, 0.1) is 12.2 Å². The van der Waals surface area contributed by atoms with Gasteiger partial charge in [0.25, 0.3) is 10.0 Å². The molecule has 0 bridgehead atoms. The van der Waals surface area contributed by atoms with E-state index in [2.05, 4.69) is 9.82 Å². The zero-order valence-electron chi connectivity index (χ0n) is 16.7. The number of pyridine rings is 1. The molecule has 0 aliphatic carbocycles. The van der Waals surface area contributed by atoms with Crippen LogP contribution in [0.25, 0.3) is 22.2 Å². The van der Waals surface area contributed by atoms with Gasteiger partial charge in [0, 0.05) is 47.8 Å². The average molecular weight is 471 g/mol. The van der Waals surface area contributed by atoms with Gasteiger partial charge in [0.1, 0.15) is 5.83 Å². The second-order valence-corrected chi connectivity index (χ2v) is 9.65. The van der Waals surface area contributed by atoms with E-state index >= 15 is 0 Å². The molecule has 2 heterocycles. The molecule has 0 unspecified atom stereocenters. The van der Waals surface area contributed by atoms with E-state index in [9.17, 15) is 12.8 Å². The number of nitrogens with zero attached hydrogens (tertiary/aromatic N) is 3. The van der Waals surface area contributed by atoms with Crippen molar-refractivity contribution in [2.24, 2.45) is 0 Å². The van der Waals surface area contributed by atoms with Crippen molar-refractivity contribution in [3.8, 4) is 11.3 Å². The fraction of sp³-hybridized carbons (Fsp3) is 0.250. The Morgan fingerprint density at radius 3 is 2.70 bits per heavy atom. The van der Waals surface area contributed by atoms with Gasteiger partial charge in [-0.3, -0.25) is 0 Å². The lowest BCUT2D eigenvalue weighted by atomic mass is 10.1. The number of halogens is 3. The van der Waals surface area contributed by atoms with Crippen LogP contribution >= 0.6 is 23.4 Å². The molecular formula is C20H21Cl2FN4O2S. The summed E-state index contributed by atoms with van der Waals surface area (Å²) in [4.78, 5) is 6.76. The number of hydrogen-bond donors (Lipinski definition) is 1. The molecule has 30 heavy (non-hydrogen) atoms. The van der Waals surface area contributed by atoms with Crippen molar-refractivity contribution in [1.29, 1.82) is 0 Å². The minimum atomic E-state index is -3.70. The Balaban J connectivity index is 2.22. The first-order valence-corrected chi connectivity index (χ1v) is 11.2. The standard InChI is InChI=1S/C20H21Cl2FN4O2S/c1-13-20(17-5-4-6-19(25-17)30(28,29)26(2)3)16-11-14(21)7-8-18(16)27(13)12-15(23)9-10-24-22/h4-9,11,24H,10,12H2,1-3H3/b15-9-. The van der Waals surface area contributed by atoms with Crippen LogP contribution in [0.2, 0.25) is 5.02 Å². The number of allylic oxidation sites excluding steroid dienone is 1. The molecule has 0 radical (unpaired) electrons. The molecule has 160 valence electrons. The lowest BCUT2D eigenvalue weighted by Crippen LogP contribution is -2.23. The van der Waals surface area contributed by atoms with Crippen LogP contribution in [0, 0.1) is 6.92 Å². The number of sulfonamides is 1. The van der Waals surface area contributed by atoms with Crippen molar-refractivity contribution in [2.75, 3.05) is 20.6 Å². The van der Waals surface area contributed by atoms with Crippen molar-refractivity contribution >= 4 is 44.3 Å². The van der Waals surface area contributed by atoms with Gasteiger partial charge in [-0.05, 0) is 55.1 Å². The first kappa shape index (κ1) is 22.7. The Labute approximate surface area is 185 Å². The van der Waals surface area contributed by atoms with E-state index in [1.165, 1.54) is 26.2 Å². The number of benzene rings is 1. The van der Waals surface area contributed by atoms with Gasteiger partial charge in [0.2, 0.25) is 0 Å². The number of fused-ring (bicyclic) bond motifs is 1. The Morgan fingerprint density at radius 1 is 1.30 bits per heavy atom. The first-order valence-electron chi connectivity index (χ1n) is 9.03. The molecule has 0 saturated heterocycles. The molecule has 10 heteroatoms. The van der Waals surface area contributed by atoms with Crippen LogP contribution in [0.3, 0.4) is 0 Å². The molecule has 0 aliphatic rings. The van der Waals surface area contributed by atoms with Gasteiger partial charge in [-0.25, -0.2) is 26.9 Å². The monoisotopic (exact) mass is 470 g/mol. The van der Waals surface area contributed by atoms with Crippen molar-refractivity contribution in [2.45, 2.75) is 18.5 Å². The minimum absolute atomic E-state index is 0.00176. The zero-order chi connectivity index (χ0) is 22.1. The molecule has 3 rings (SSSR count). The number of aromatic nitrogens is 2. The highest BCUT2D eigenvalue weighted by atomic mass is 35.5. The lowest BCUT2D eigenvalue weighted by molar-refractivity contribution is 0.517. The van der Waals surface area contributed by atoms with Gasteiger partial charge in [-0.15, -0.1) is 0 Å². The fourth-order valence-electron chi connectivity index (χ4n) is 3.23. The smallest absolute Gasteiger partial charge is 0.260 e. The third-order valence-electron chi connectivity index (χ3n) is 4.72. The van der Waals surface area contributed by atoms with Crippen molar-refractivity contribution in [3.05, 3.63) is 59.0 Å². The second kappa shape index (κ2) is 9.03. The number of nitrogens with one attached hydrogen (secondary N) is 1. The SMILES string of the molecule is Cc1c(-c2cccc(S(=O)(=O)N(C)C)n2)c2cc(Cl)ccc2n1C/C(F)=C/CNCl. The van der Waals surface area contributed by atoms with E-state index < -0.39 is 10.0 Å². The molecule has 0 aliphatic heterocycles. The van der Waals surface area contributed by atoms with Crippen LogP contribution in [0.15, 0.2) is 53.3 Å². The summed E-state index contributed by atoms with van der Waals surface area (Å²) < 4.78 is 42.4. The van der Waals surface area contributed by atoms with E-state index in [0.29, 0.717) is 16.3 Å². The molecule has 6 nitrogen and oxygen atoms in total. The summed E-state index contributed by atoms with van der Waals surface area (Å²) in [5, 5.41) is 1.21. The molecule has 0 fully saturated rings.